The van der Waals surface area contributed by atoms with Crippen LogP contribution in [0.15, 0.2) is 42.7 Å². The minimum absolute atomic E-state index is 0.0370. The fourth-order valence-corrected chi connectivity index (χ4v) is 4.24. The van der Waals surface area contributed by atoms with Gasteiger partial charge in [-0.15, -0.1) is 0 Å². The SMILES string of the molecule is Cc1ccc(NC(=O)C2CCCN(C(=O)C3CC(c4ccncc4)NN3)C2)cc1Cl. The van der Waals surface area contributed by atoms with Crippen molar-refractivity contribution in [2.24, 2.45) is 5.92 Å². The quantitative estimate of drug-likeness (QED) is 0.698. The molecule has 158 valence electrons. The summed E-state index contributed by atoms with van der Waals surface area (Å²) in [5.74, 6) is -0.261. The van der Waals surface area contributed by atoms with Gasteiger partial charge in [0.1, 0.15) is 6.04 Å². The van der Waals surface area contributed by atoms with Crippen molar-refractivity contribution in [3.05, 3.63) is 58.9 Å². The Labute approximate surface area is 181 Å². The molecule has 7 nitrogen and oxygen atoms in total. The Hall–Kier alpha value is -2.48. The molecular formula is C22H26ClN5O2. The van der Waals surface area contributed by atoms with Gasteiger partial charge in [0.15, 0.2) is 0 Å². The Bertz CT molecular complexity index is 923. The normalized spacial score (nSPS) is 23.9. The predicted molar refractivity (Wildman–Crippen MR) is 116 cm³/mol. The highest BCUT2D eigenvalue weighted by atomic mass is 35.5. The molecule has 3 N–H and O–H groups in total. The number of anilines is 1. The summed E-state index contributed by atoms with van der Waals surface area (Å²) in [4.78, 5) is 31.7. The molecule has 8 heteroatoms. The molecule has 3 unspecified atom stereocenters. The van der Waals surface area contributed by atoms with Crippen molar-refractivity contribution in [2.75, 3.05) is 18.4 Å². The molecule has 2 aromatic rings. The molecular weight excluding hydrogens is 402 g/mol. The second kappa shape index (κ2) is 9.12. The monoisotopic (exact) mass is 427 g/mol. The molecule has 2 aliphatic rings. The highest BCUT2D eigenvalue weighted by Gasteiger charge is 2.36. The zero-order valence-electron chi connectivity index (χ0n) is 16.9. The minimum atomic E-state index is -0.305. The molecule has 0 aliphatic carbocycles. The van der Waals surface area contributed by atoms with Gasteiger partial charge < -0.3 is 10.2 Å². The van der Waals surface area contributed by atoms with Gasteiger partial charge in [-0.05, 0) is 61.6 Å². The number of amides is 2. The predicted octanol–water partition coefficient (Wildman–Crippen LogP) is 2.83. The highest BCUT2D eigenvalue weighted by Crippen LogP contribution is 2.26. The van der Waals surface area contributed by atoms with Crippen LogP contribution in [0.4, 0.5) is 5.69 Å². The van der Waals surface area contributed by atoms with Crippen molar-refractivity contribution in [1.82, 2.24) is 20.7 Å². The van der Waals surface area contributed by atoms with Crippen LogP contribution in [-0.4, -0.2) is 40.8 Å². The van der Waals surface area contributed by atoms with Gasteiger partial charge >= 0.3 is 0 Å². The first-order valence-electron chi connectivity index (χ1n) is 10.3. The van der Waals surface area contributed by atoms with Gasteiger partial charge in [-0.2, -0.15) is 0 Å². The molecule has 3 atom stereocenters. The lowest BCUT2D eigenvalue weighted by Gasteiger charge is -2.33. The standard InChI is InChI=1S/C22H26ClN5O2/c1-14-4-5-17(11-18(14)23)25-21(29)16-3-2-10-28(13-16)22(30)20-12-19(26-27-20)15-6-8-24-9-7-15/h4-9,11,16,19-20,26-27H,2-3,10,12-13H2,1H3,(H,25,29). The van der Waals surface area contributed by atoms with Crippen LogP contribution >= 0.6 is 11.6 Å². The Morgan fingerprint density at radius 1 is 1.20 bits per heavy atom. The first kappa shape index (κ1) is 20.8. The number of halogens is 1. The van der Waals surface area contributed by atoms with E-state index >= 15 is 0 Å². The van der Waals surface area contributed by atoms with Crippen LogP contribution in [0.3, 0.4) is 0 Å². The Morgan fingerprint density at radius 2 is 2.00 bits per heavy atom. The molecule has 4 rings (SSSR count). The number of nitrogens with zero attached hydrogens (tertiary/aromatic N) is 2. The fourth-order valence-electron chi connectivity index (χ4n) is 4.06. The number of aromatic nitrogens is 1. The van der Waals surface area contributed by atoms with Crippen LogP contribution in [0, 0.1) is 12.8 Å². The smallest absolute Gasteiger partial charge is 0.241 e. The van der Waals surface area contributed by atoms with E-state index in [1.54, 1.807) is 18.5 Å². The number of piperidine rings is 1. The number of carbonyl (C=O) groups excluding carboxylic acids is 2. The molecule has 2 saturated heterocycles. The van der Waals surface area contributed by atoms with Crippen LogP contribution in [0.5, 0.6) is 0 Å². The van der Waals surface area contributed by atoms with Gasteiger partial charge in [0.05, 0.1) is 5.92 Å². The van der Waals surface area contributed by atoms with E-state index in [2.05, 4.69) is 21.2 Å². The van der Waals surface area contributed by atoms with Crippen molar-refractivity contribution >= 4 is 29.1 Å². The topological polar surface area (TPSA) is 86.4 Å². The van der Waals surface area contributed by atoms with E-state index in [4.69, 9.17) is 11.6 Å². The number of hydrogen-bond acceptors (Lipinski definition) is 5. The Kier molecular flexibility index (Phi) is 6.32. The average molecular weight is 428 g/mol. The van der Waals surface area contributed by atoms with Crippen molar-refractivity contribution < 1.29 is 9.59 Å². The molecule has 0 radical (unpaired) electrons. The largest absolute Gasteiger partial charge is 0.341 e. The zero-order chi connectivity index (χ0) is 21.1. The van der Waals surface area contributed by atoms with Crippen molar-refractivity contribution in [3.8, 4) is 0 Å². The third-order valence-electron chi connectivity index (χ3n) is 5.85. The number of rotatable bonds is 4. The number of pyridine rings is 1. The highest BCUT2D eigenvalue weighted by molar-refractivity contribution is 6.31. The van der Waals surface area contributed by atoms with E-state index in [1.807, 2.05) is 36.1 Å². The number of hydrogen-bond donors (Lipinski definition) is 3. The lowest BCUT2D eigenvalue weighted by Crippen LogP contribution is -2.50. The minimum Gasteiger partial charge on any atom is -0.341 e. The van der Waals surface area contributed by atoms with Gasteiger partial charge in [0.2, 0.25) is 11.8 Å². The van der Waals surface area contributed by atoms with Crippen molar-refractivity contribution in [3.63, 3.8) is 0 Å². The summed E-state index contributed by atoms with van der Waals surface area (Å²) < 4.78 is 0. The number of hydrazine groups is 1. The van der Waals surface area contributed by atoms with Gasteiger partial charge in [-0.1, -0.05) is 17.7 Å². The third kappa shape index (κ3) is 4.64. The Morgan fingerprint density at radius 3 is 2.77 bits per heavy atom. The Balaban J connectivity index is 1.34. The zero-order valence-corrected chi connectivity index (χ0v) is 17.7. The molecule has 0 saturated carbocycles. The fraction of sp³-hybridized carbons (Fsp3) is 0.409. The van der Waals surface area contributed by atoms with E-state index in [-0.39, 0.29) is 29.8 Å². The first-order valence-corrected chi connectivity index (χ1v) is 10.7. The van der Waals surface area contributed by atoms with Crippen molar-refractivity contribution in [2.45, 2.75) is 38.3 Å². The molecule has 2 fully saturated rings. The van der Waals surface area contributed by atoms with Crippen LogP contribution < -0.4 is 16.2 Å². The first-order chi connectivity index (χ1) is 14.5. The van der Waals surface area contributed by atoms with Gasteiger partial charge in [-0.25, -0.2) is 10.9 Å². The number of carbonyl (C=O) groups is 2. The third-order valence-corrected chi connectivity index (χ3v) is 6.26. The van der Waals surface area contributed by atoms with E-state index in [1.165, 1.54) is 0 Å². The molecule has 2 aliphatic heterocycles. The van der Waals surface area contributed by atoms with E-state index in [0.29, 0.717) is 30.2 Å². The summed E-state index contributed by atoms with van der Waals surface area (Å²) in [6.07, 6.45) is 5.75. The van der Waals surface area contributed by atoms with E-state index < -0.39 is 0 Å². The van der Waals surface area contributed by atoms with Crippen LogP contribution in [0.25, 0.3) is 0 Å². The lowest BCUT2D eigenvalue weighted by molar-refractivity contribution is -0.136. The van der Waals surface area contributed by atoms with Crippen LogP contribution in [0.1, 0.15) is 36.4 Å². The van der Waals surface area contributed by atoms with Crippen LogP contribution in [-0.2, 0) is 9.59 Å². The maximum absolute atomic E-state index is 13.0. The van der Waals surface area contributed by atoms with Gasteiger partial charge in [-0.3, -0.25) is 14.6 Å². The molecule has 30 heavy (non-hydrogen) atoms. The van der Waals surface area contributed by atoms with Crippen molar-refractivity contribution in [1.29, 1.82) is 0 Å². The lowest BCUT2D eigenvalue weighted by atomic mass is 9.95. The number of aryl methyl sites for hydroxylation is 1. The van der Waals surface area contributed by atoms with E-state index in [0.717, 1.165) is 24.0 Å². The summed E-state index contributed by atoms with van der Waals surface area (Å²) in [6.45, 7) is 3.03. The summed E-state index contributed by atoms with van der Waals surface area (Å²) in [6, 6.07) is 9.15. The second-order valence-electron chi connectivity index (χ2n) is 7.99. The van der Waals surface area contributed by atoms with E-state index in [9.17, 15) is 9.59 Å². The summed E-state index contributed by atoms with van der Waals surface area (Å²) in [5.41, 5.74) is 9.07. The molecule has 0 spiro atoms. The van der Waals surface area contributed by atoms with Gasteiger partial charge in [0.25, 0.3) is 0 Å². The number of likely N-dealkylation sites (tertiary alicyclic amines) is 1. The molecule has 1 aromatic carbocycles. The molecule has 1 aromatic heterocycles. The second-order valence-corrected chi connectivity index (χ2v) is 8.39. The average Bonchev–Trinajstić information content (AvgIpc) is 3.27. The van der Waals surface area contributed by atoms with Gasteiger partial charge in [0, 0.05) is 42.2 Å². The molecule has 0 bridgehead atoms. The maximum atomic E-state index is 13.0. The molecule has 3 heterocycles. The summed E-state index contributed by atoms with van der Waals surface area (Å²) in [7, 11) is 0. The number of benzene rings is 1. The maximum Gasteiger partial charge on any atom is 0.241 e. The molecule has 2 amide bonds. The summed E-state index contributed by atoms with van der Waals surface area (Å²) in [5, 5.41) is 3.56. The van der Waals surface area contributed by atoms with Crippen LogP contribution in [0.2, 0.25) is 5.02 Å². The summed E-state index contributed by atoms with van der Waals surface area (Å²) >= 11 is 6.16. The number of nitrogens with one attached hydrogen (secondary N) is 3.